The van der Waals surface area contributed by atoms with Crippen LogP contribution in [-0.4, -0.2) is 51.1 Å². The maximum Gasteiger partial charge on any atom is 0.410 e. The molecule has 3 heterocycles. The van der Waals surface area contributed by atoms with E-state index in [1.165, 1.54) is 12.1 Å². The molecule has 3 aromatic rings. The van der Waals surface area contributed by atoms with Gasteiger partial charge >= 0.3 is 6.09 Å². The van der Waals surface area contributed by atoms with E-state index in [0.29, 0.717) is 35.8 Å². The molecule has 1 aromatic carbocycles. The molecule has 0 saturated carbocycles. The SMILES string of the molecule is CC(C)(C)OC(=O)N1CCC(n2cc(-c3cnc(N)c(OCCc4c(Cl)ccc(F)c4Cl)c3)cn2)CC1. The largest absolute Gasteiger partial charge is 0.489 e. The second-order valence-corrected chi connectivity index (χ2v) is 10.7. The molecule has 0 spiro atoms. The van der Waals surface area contributed by atoms with E-state index in [2.05, 4.69) is 10.1 Å². The fourth-order valence-electron chi connectivity index (χ4n) is 4.12. The number of hydrogen-bond acceptors (Lipinski definition) is 6. The summed E-state index contributed by atoms with van der Waals surface area (Å²) in [6, 6.07) is 4.66. The molecule has 37 heavy (non-hydrogen) atoms. The third-order valence-electron chi connectivity index (χ3n) is 6.06. The van der Waals surface area contributed by atoms with Gasteiger partial charge in [0.15, 0.2) is 11.6 Å². The van der Waals surface area contributed by atoms with Gasteiger partial charge in [-0.05, 0) is 57.4 Å². The molecule has 0 radical (unpaired) electrons. The number of nitrogens with zero attached hydrogens (tertiary/aromatic N) is 4. The van der Waals surface area contributed by atoms with Gasteiger partial charge in [0.2, 0.25) is 0 Å². The molecule has 0 atom stereocenters. The van der Waals surface area contributed by atoms with E-state index in [4.69, 9.17) is 38.4 Å². The zero-order valence-electron chi connectivity index (χ0n) is 21.0. The van der Waals surface area contributed by atoms with Gasteiger partial charge in [0.25, 0.3) is 0 Å². The number of benzene rings is 1. The Balaban J connectivity index is 1.38. The first-order chi connectivity index (χ1) is 17.5. The number of likely N-dealkylation sites (tertiary alicyclic amines) is 1. The van der Waals surface area contributed by atoms with Crippen LogP contribution in [0.4, 0.5) is 15.0 Å². The molecule has 8 nitrogen and oxygen atoms in total. The third kappa shape index (κ3) is 6.64. The van der Waals surface area contributed by atoms with Crippen LogP contribution in [0.2, 0.25) is 10.0 Å². The first-order valence-corrected chi connectivity index (χ1v) is 12.8. The quantitative estimate of drug-likeness (QED) is 0.369. The van der Waals surface area contributed by atoms with Gasteiger partial charge < -0.3 is 20.1 Å². The highest BCUT2D eigenvalue weighted by atomic mass is 35.5. The first-order valence-electron chi connectivity index (χ1n) is 12.0. The number of rotatable bonds is 6. The Morgan fingerprint density at radius 2 is 1.92 bits per heavy atom. The number of anilines is 1. The van der Waals surface area contributed by atoms with Crippen molar-refractivity contribution in [2.75, 3.05) is 25.4 Å². The lowest BCUT2D eigenvalue weighted by atomic mass is 10.1. The molecule has 0 unspecified atom stereocenters. The minimum absolute atomic E-state index is 0.0136. The van der Waals surface area contributed by atoms with Gasteiger partial charge in [-0.2, -0.15) is 5.10 Å². The smallest absolute Gasteiger partial charge is 0.410 e. The fraction of sp³-hybridized carbons (Fsp3) is 0.423. The van der Waals surface area contributed by atoms with Gasteiger partial charge in [-0.15, -0.1) is 0 Å². The van der Waals surface area contributed by atoms with E-state index < -0.39 is 11.4 Å². The molecule has 198 valence electrons. The number of nitrogens with two attached hydrogens (primary N) is 1. The highest BCUT2D eigenvalue weighted by molar-refractivity contribution is 6.36. The van der Waals surface area contributed by atoms with Gasteiger partial charge in [0, 0.05) is 48.1 Å². The molecule has 0 aliphatic carbocycles. The van der Waals surface area contributed by atoms with E-state index in [1.54, 1.807) is 23.4 Å². The lowest BCUT2D eigenvalue weighted by molar-refractivity contribution is 0.0185. The summed E-state index contributed by atoms with van der Waals surface area (Å²) in [7, 11) is 0. The lowest BCUT2D eigenvalue weighted by Crippen LogP contribution is -2.42. The predicted molar refractivity (Wildman–Crippen MR) is 142 cm³/mol. The number of piperidine rings is 1. The summed E-state index contributed by atoms with van der Waals surface area (Å²) in [6.07, 6.45) is 6.96. The zero-order valence-corrected chi connectivity index (χ0v) is 22.5. The maximum atomic E-state index is 13.8. The van der Waals surface area contributed by atoms with Crippen molar-refractivity contribution in [1.82, 2.24) is 19.7 Å². The molecule has 2 N–H and O–H groups in total. The Labute approximate surface area is 225 Å². The number of carbonyl (C=O) groups excluding carboxylic acids is 1. The van der Waals surface area contributed by atoms with Gasteiger partial charge in [0.1, 0.15) is 11.4 Å². The van der Waals surface area contributed by atoms with Crippen LogP contribution >= 0.6 is 23.2 Å². The van der Waals surface area contributed by atoms with E-state index in [0.717, 1.165) is 24.0 Å². The summed E-state index contributed by atoms with van der Waals surface area (Å²) in [5.74, 6) is 0.110. The average molecular weight is 550 g/mol. The van der Waals surface area contributed by atoms with E-state index >= 15 is 0 Å². The van der Waals surface area contributed by atoms with Crippen LogP contribution in [0.25, 0.3) is 11.1 Å². The van der Waals surface area contributed by atoms with E-state index in [9.17, 15) is 9.18 Å². The van der Waals surface area contributed by atoms with Crippen molar-refractivity contribution in [2.24, 2.45) is 0 Å². The second-order valence-electron chi connectivity index (χ2n) is 9.94. The number of amides is 1. The molecule has 1 amide bonds. The molecule has 1 saturated heterocycles. The summed E-state index contributed by atoms with van der Waals surface area (Å²) >= 11 is 12.2. The van der Waals surface area contributed by atoms with Crippen molar-refractivity contribution < 1.29 is 18.7 Å². The summed E-state index contributed by atoms with van der Waals surface area (Å²) in [4.78, 5) is 18.3. The standard InChI is InChI=1S/C26H30Cl2FN5O3/c1-26(2,3)37-25(35)33-9-6-18(7-10-33)34-15-17(14-32-34)16-12-22(24(30)31-13-16)36-11-8-19-20(27)4-5-21(29)23(19)28/h4-5,12-15,18H,6-11H2,1-3H3,(H2,30,31). The van der Waals surface area contributed by atoms with Crippen LogP contribution in [0.5, 0.6) is 5.75 Å². The second kappa shape index (κ2) is 11.1. The van der Waals surface area contributed by atoms with Crippen molar-refractivity contribution in [1.29, 1.82) is 0 Å². The minimum atomic E-state index is -0.531. The minimum Gasteiger partial charge on any atom is -0.489 e. The Hall–Kier alpha value is -3.04. The molecule has 0 bridgehead atoms. The molecule has 2 aromatic heterocycles. The van der Waals surface area contributed by atoms with Gasteiger partial charge in [0.05, 0.1) is 23.9 Å². The Morgan fingerprint density at radius 1 is 1.19 bits per heavy atom. The number of halogens is 3. The molecule has 11 heteroatoms. The van der Waals surface area contributed by atoms with Crippen molar-refractivity contribution in [3.05, 3.63) is 58.2 Å². The summed E-state index contributed by atoms with van der Waals surface area (Å²) in [5, 5.41) is 4.91. The van der Waals surface area contributed by atoms with Crippen LogP contribution in [-0.2, 0) is 11.2 Å². The van der Waals surface area contributed by atoms with Crippen molar-refractivity contribution in [3.8, 4) is 16.9 Å². The van der Waals surface area contributed by atoms with Crippen LogP contribution in [0.1, 0.15) is 45.2 Å². The zero-order chi connectivity index (χ0) is 26.7. The lowest BCUT2D eigenvalue weighted by Gasteiger charge is -2.33. The highest BCUT2D eigenvalue weighted by Crippen LogP contribution is 2.31. The monoisotopic (exact) mass is 549 g/mol. The number of ether oxygens (including phenoxy) is 2. The maximum absolute atomic E-state index is 13.8. The first kappa shape index (κ1) is 27.0. The van der Waals surface area contributed by atoms with Crippen LogP contribution < -0.4 is 10.5 Å². The summed E-state index contributed by atoms with van der Waals surface area (Å²) in [6.45, 7) is 6.99. The topological polar surface area (TPSA) is 95.5 Å². The molecular weight excluding hydrogens is 520 g/mol. The molecule has 4 rings (SSSR count). The predicted octanol–water partition coefficient (Wildman–Crippen LogP) is 6.17. The fourth-order valence-corrected chi connectivity index (χ4v) is 4.68. The Bertz CT molecular complexity index is 1270. The van der Waals surface area contributed by atoms with Gasteiger partial charge in [-0.25, -0.2) is 14.2 Å². The van der Waals surface area contributed by atoms with Crippen molar-refractivity contribution >= 4 is 35.1 Å². The molecule has 1 aliphatic rings. The van der Waals surface area contributed by atoms with Crippen molar-refractivity contribution in [2.45, 2.75) is 51.7 Å². The van der Waals surface area contributed by atoms with E-state index in [1.807, 2.05) is 31.6 Å². The Kier molecular flexibility index (Phi) is 8.14. The summed E-state index contributed by atoms with van der Waals surface area (Å²) in [5.41, 5.74) is 7.64. The van der Waals surface area contributed by atoms with Crippen molar-refractivity contribution in [3.63, 3.8) is 0 Å². The van der Waals surface area contributed by atoms with Crippen LogP contribution in [0, 0.1) is 5.82 Å². The highest BCUT2D eigenvalue weighted by Gasteiger charge is 2.28. The van der Waals surface area contributed by atoms with E-state index in [-0.39, 0.29) is 29.6 Å². The third-order valence-corrected chi connectivity index (χ3v) is 6.82. The van der Waals surface area contributed by atoms with Crippen LogP contribution in [0.3, 0.4) is 0 Å². The number of aromatic nitrogens is 3. The molecule has 1 aliphatic heterocycles. The Morgan fingerprint density at radius 3 is 2.62 bits per heavy atom. The molecular formula is C26H30Cl2FN5O3. The van der Waals surface area contributed by atoms with Crippen LogP contribution in [0.15, 0.2) is 36.8 Å². The number of carbonyl (C=O) groups is 1. The number of nitrogen functional groups attached to an aromatic ring is 1. The summed E-state index contributed by atoms with van der Waals surface area (Å²) < 4.78 is 27.0. The normalized spacial score (nSPS) is 14.6. The van der Waals surface area contributed by atoms with Gasteiger partial charge in [-0.3, -0.25) is 4.68 Å². The number of hydrogen-bond donors (Lipinski definition) is 1. The molecule has 1 fully saturated rings. The number of pyridine rings is 1. The van der Waals surface area contributed by atoms with Gasteiger partial charge in [-0.1, -0.05) is 23.2 Å². The average Bonchev–Trinajstić information content (AvgIpc) is 3.34.